The van der Waals surface area contributed by atoms with Crippen molar-refractivity contribution in [1.29, 1.82) is 0 Å². The van der Waals surface area contributed by atoms with Crippen molar-refractivity contribution in [2.24, 2.45) is 0 Å². The van der Waals surface area contributed by atoms with Crippen LogP contribution in [0.2, 0.25) is 0 Å². The van der Waals surface area contributed by atoms with Crippen molar-refractivity contribution in [2.75, 3.05) is 26.4 Å². The third-order valence-corrected chi connectivity index (χ3v) is 12.9. The summed E-state index contributed by atoms with van der Waals surface area (Å²) in [7, 11) is 0. The second-order valence-corrected chi connectivity index (χ2v) is 18.3. The SMILES string of the molecule is CC(=O)c1c(OCCn2c(C)cnc2C)c(OCCC(C)c2ccc(F)cc2)c2oc(C)nc2c1C.CC(=O)c1c(OCCn2cc(C)nc2C)c(OCCC(C)c2ccc(F)cc2)c2oc(C)nc2c1C. The first-order chi connectivity index (χ1) is 34.3. The van der Waals surface area contributed by atoms with E-state index >= 15 is 0 Å². The molecule has 0 aliphatic heterocycles. The van der Waals surface area contributed by atoms with E-state index in [0.717, 1.165) is 34.2 Å². The van der Waals surface area contributed by atoms with Gasteiger partial charge >= 0.3 is 0 Å². The Bertz CT molecular complexity index is 3190. The molecule has 0 fully saturated rings. The Morgan fingerprint density at radius 1 is 0.583 bits per heavy atom. The minimum absolute atomic E-state index is 0.135. The molecule has 0 bridgehead atoms. The number of imidazole rings is 2. The lowest BCUT2D eigenvalue weighted by atomic mass is 9.98. The summed E-state index contributed by atoms with van der Waals surface area (Å²) in [5, 5.41) is 0. The zero-order valence-corrected chi connectivity index (χ0v) is 43.3. The maximum absolute atomic E-state index is 13.3. The Balaban J connectivity index is 0.000000211. The molecule has 2 atom stereocenters. The number of aryl methyl sites for hydroxylation is 8. The summed E-state index contributed by atoms with van der Waals surface area (Å²) < 4.78 is 67.5. The highest BCUT2D eigenvalue weighted by Gasteiger charge is 2.29. The number of oxazole rings is 2. The van der Waals surface area contributed by atoms with Gasteiger partial charge in [-0.15, -0.1) is 0 Å². The first kappa shape index (κ1) is 52.5. The van der Waals surface area contributed by atoms with Gasteiger partial charge < -0.3 is 36.9 Å². The fourth-order valence-corrected chi connectivity index (χ4v) is 8.96. The average Bonchev–Trinajstić information content (AvgIpc) is 4.10. The smallest absolute Gasteiger partial charge is 0.207 e. The van der Waals surface area contributed by atoms with Gasteiger partial charge in [0.2, 0.25) is 22.7 Å². The van der Waals surface area contributed by atoms with E-state index in [4.69, 9.17) is 27.8 Å². The van der Waals surface area contributed by atoms with Gasteiger partial charge in [-0.2, -0.15) is 0 Å². The topological polar surface area (TPSA) is 159 Å². The predicted octanol–water partition coefficient (Wildman–Crippen LogP) is 12.5. The van der Waals surface area contributed by atoms with Crippen molar-refractivity contribution < 1.29 is 46.2 Å². The lowest BCUT2D eigenvalue weighted by Gasteiger charge is -2.19. The standard InChI is InChI=1S/2C28H32FN3O4/c1-16(22-7-9-23(29)10-8-22)11-13-34-28-26(35-14-12-32-15-17(2)30-20(32)5)24(19(4)33)18(3)25-27(28)36-21(6)31-25;1-16(22-7-9-23(29)10-8-22)11-13-34-28-26(35-14-12-32-17(2)15-30-20(32)5)24(19(4)33)18(3)25-27(28)36-21(6)31-25/h2*7-10,15-16H,11-14H2,1-6H3. The first-order valence-corrected chi connectivity index (χ1v) is 24.2. The molecule has 380 valence electrons. The number of aromatic nitrogens is 6. The molecule has 72 heavy (non-hydrogen) atoms. The third-order valence-electron chi connectivity index (χ3n) is 12.9. The number of ether oxygens (including phenoxy) is 4. The number of ketones is 2. The molecule has 0 aliphatic rings. The Labute approximate surface area is 418 Å². The van der Waals surface area contributed by atoms with Gasteiger partial charge in [0.15, 0.2) is 34.8 Å². The van der Waals surface area contributed by atoms with Crippen LogP contribution in [0.3, 0.4) is 0 Å². The van der Waals surface area contributed by atoms with Crippen LogP contribution in [0, 0.1) is 67.0 Å². The maximum atomic E-state index is 13.3. The van der Waals surface area contributed by atoms with Crippen LogP contribution in [0.4, 0.5) is 8.78 Å². The molecule has 0 N–H and O–H groups in total. The Morgan fingerprint density at radius 3 is 1.40 bits per heavy atom. The summed E-state index contributed by atoms with van der Waals surface area (Å²) in [5.74, 6) is 3.75. The third kappa shape index (κ3) is 11.9. The monoisotopic (exact) mass is 986 g/mol. The normalized spacial score (nSPS) is 12.2. The summed E-state index contributed by atoms with van der Waals surface area (Å²) in [5.41, 5.74) is 8.42. The van der Waals surface area contributed by atoms with Gasteiger partial charge in [0.25, 0.3) is 0 Å². The summed E-state index contributed by atoms with van der Waals surface area (Å²) >= 11 is 0. The summed E-state index contributed by atoms with van der Waals surface area (Å²) in [6, 6.07) is 13.0. The first-order valence-electron chi connectivity index (χ1n) is 24.2. The van der Waals surface area contributed by atoms with Gasteiger partial charge in [-0.05, 0) is 127 Å². The molecule has 14 nitrogen and oxygen atoms in total. The van der Waals surface area contributed by atoms with Crippen molar-refractivity contribution >= 4 is 33.8 Å². The zero-order chi connectivity index (χ0) is 52.0. The lowest BCUT2D eigenvalue weighted by Crippen LogP contribution is -2.14. The molecule has 0 aliphatic carbocycles. The molecule has 16 heteroatoms. The number of Topliss-reactive ketones (excluding diaryl/α,β-unsaturated/α-hetero) is 2. The van der Waals surface area contributed by atoms with Gasteiger partial charge in [0.1, 0.15) is 47.5 Å². The number of fused-ring (bicyclic) bond motifs is 2. The van der Waals surface area contributed by atoms with E-state index < -0.39 is 0 Å². The number of hydrogen-bond acceptors (Lipinski definition) is 12. The van der Waals surface area contributed by atoms with Gasteiger partial charge in [-0.1, -0.05) is 38.1 Å². The molecule has 4 aromatic carbocycles. The Hall–Kier alpha value is -7.36. The summed E-state index contributed by atoms with van der Waals surface area (Å²) in [6.07, 6.45) is 5.14. The van der Waals surface area contributed by atoms with E-state index in [9.17, 15) is 18.4 Å². The molecule has 0 spiro atoms. The molecule has 0 amide bonds. The molecule has 2 unspecified atom stereocenters. The van der Waals surface area contributed by atoms with Crippen LogP contribution in [0.15, 0.2) is 69.8 Å². The molecule has 4 aromatic heterocycles. The number of rotatable bonds is 20. The Morgan fingerprint density at radius 2 is 1.01 bits per heavy atom. The zero-order valence-electron chi connectivity index (χ0n) is 43.3. The number of carbonyl (C=O) groups is 2. The van der Waals surface area contributed by atoms with Crippen molar-refractivity contribution in [3.05, 3.63) is 141 Å². The van der Waals surface area contributed by atoms with E-state index in [2.05, 4.69) is 38.4 Å². The second kappa shape index (κ2) is 22.8. The van der Waals surface area contributed by atoms with Gasteiger partial charge in [0, 0.05) is 31.9 Å². The van der Waals surface area contributed by atoms with Crippen molar-refractivity contribution in [1.82, 2.24) is 29.1 Å². The quantitative estimate of drug-likeness (QED) is 0.0666. The van der Waals surface area contributed by atoms with Crippen LogP contribution in [0.25, 0.3) is 22.2 Å². The molecule has 0 radical (unpaired) electrons. The number of halogens is 2. The maximum Gasteiger partial charge on any atom is 0.207 e. The second-order valence-electron chi connectivity index (χ2n) is 18.3. The molecule has 0 saturated heterocycles. The number of carbonyl (C=O) groups excluding carboxylic acids is 2. The number of benzene rings is 4. The van der Waals surface area contributed by atoms with Gasteiger partial charge in [0.05, 0.1) is 43.1 Å². The van der Waals surface area contributed by atoms with E-state index in [0.29, 0.717) is 132 Å². The van der Waals surface area contributed by atoms with Crippen LogP contribution >= 0.6 is 0 Å². The predicted molar refractivity (Wildman–Crippen MR) is 271 cm³/mol. The number of hydrogen-bond donors (Lipinski definition) is 0. The van der Waals surface area contributed by atoms with Crippen LogP contribution in [0.5, 0.6) is 23.0 Å². The molecular weight excluding hydrogens is 923 g/mol. The van der Waals surface area contributed by atoms with Crippen molar-refractivity contribution in [2.45, 2.75) is 121 Å². The summed E-state index contributed by atoms with van der Waals surface area (Å²) in [6.45, 7) is 24.7. The molecule has 0 saturated carbocycles. The van der Waals surface area contributed by atoms with Crippen LogP contribution in [-0.2, 0) is 13.1 Å². The van der Waals surface area contributed by atoms with E-state index in [1.165, 1.54) is 38.1 Å². The minimum Gasteiger partial charge on any atom is -0.487 e. The highest BCUT2D eigenvalue weighted by molar-refractivity contribution is 6.06. The van der Waals surface area contributed by atoms with Crippen LogP contribution in [-0.4, -0.2) is 67.1 Å². The highest BCUT2D eigenvalue weighted by Crippen LogP contribution is 2.44. The minimum atomic E-state index is -0.260. The molecule has 8 aromatic rings. The Kier molecular flexibility index (Phi) is 16.6. The van der Waals surface area contributed by atoms with Gasteiger partial charge in [-0.25, -0.2) is 28.7 Å². The van der Waals surface area contributed by atoms with Crippen LogP contribution < -0.4 is 18.9 Å². The average molecular weight is 987 g/mol. The largest absolute Gasteiger partial charge is 0.487 e. The fourth-order valence-electron chi connectivity index (χ4n) is 8.96. The van der Waals surface area contributed by atoms with Gasteiger partial charge in [-0.3, -0.25) is 9.59 Å². The highest BCUT2D eigenvalue weighted by atomic mass is 19.1. The van der Waals surface area contributed by atoms with Crippen LogP contribution in [0.1, 0.15) is 130 Å². The van der Waals surface area contributed by atoms with Crippen molar-refractivity contribution in [3.63, 3.8) is 0 Å². The van der Waals surface area contributed by atoms with E-state index in [-0.39, 0.29) is 35.0 Å². The molecular formula is C56H64F2N6O8. The fraction of sp³-hybridized carbons (Fsp3) is 0.393. The lowest BCUT2D eigenvalue weighted by molar-refractivity contribution is 0.0999. The van der Waals surface area contributed by atoms with Crippen molar-refractivity contribution in [3.8, 4) is 23.0 Å². The van der Waals surface area contributed by atoms with E-state index in [1.807, 2.05) is 58.5 Å². The summed E-state index contributed by atoms with van der Waals surface area (Å²) in [4.78, 5) is 43.2. The van der Waals surface area contributed by atoms with E-state index in [1.54, 1.807) is 38.1 Å². The molecule has 8 rings (SSSR count). The number of nitrogens with zero attached hydrogens (tertiary/aromatic N) is 6. The molecule has 4 heterocycles.